The average Bonchev–Trinajstić information content (AvgIpc) is 3.53. The summed E-state index contributed by atoms with van der Waals surface area (Å²) in [6, 6.07) is 18.0. The Balaban J connectivity index is 1.20. The number of hydrogen-bond donors (Lipinski definition) is 2. The van der Waals surface area contributed by atoms with Crippen molar-refractivity contribution in [3.8, 4) is 5.75 Å². The fourth-order valence-electron chi connectivity index (χ4n) is 5.99. The van der Waals surface area contributed by atoms with Crippen LogP contribution >= 0.6 is 0 Å². The molecule has 8 heteroatoms. The topological polar surface area (TPSA) is 101 Å². The van der Waals surface area contributed by atoms with Crippen molar-refractivity contribution in [3.63, 3.8) is 0 Å². The Morgan fingerprint density at radius 3 is 2.66 bits per heavy atom. The smallest absolute Gasteiger partial charge is 0.265 e. The predicted octanol–water partition coefficient (Wildman–Crippen LogP) is 3.88. The van der Waals surface area contributed by atoms with Crippen LogP contribution < -0.4 is 10.6 Å². The molecule has 1 amide bonds. The van der Waals surface area contributed by atoms with Crippen molar-refractivity contribution in [2.45, 2.75) is 44.8 Å². The summed E-state index contributed by atoms with van der Waals surface area (Å²) >= 11 is 0. The summed E-state index contributed by atoms with van der Waals surface area (Å²) < 4.78 is 6.05. The molecule has 2 fully saturated rings. The molecule has 0 radical (unpaired) electrons. The number of hydrogen-bond acceptors (Lipinski definition) is 6. The molecule has 0 bridgehead atoms. The number of fused-ring (bicyclic) bond motifs is 1. The first kappa shape index (κ1) is 24.7. The van der Waals surface area contributed by atoms with Crippen LogP contribution in [0.4, 0.5) is 0 Å². The van der Waals surface area contributed by atoms with E-state index in [1.54, 1.807) is 6.20 Å². The molecule has 1 aliphatic carbocycles. The van der Waals surface area contributed by atoms with Gasteiger partial charge in [-0.1, -0.05) is 36.4 Å². The molecular formula is C30H34N5O3+. The largest absolute Gasteiger partial charge is 0.489 e. The summed E-state index contributed by atoms with van der Waals surface area (Å²) in [5.41, 5.74) is 3.86. The Hall–Kier alpha value is -3.59. The van der Waals surface area contributed by atoms with Crippen LogP contribution in [0.25, 0.3) is 0 Å². The SMILES string of the molecule is N[N+]12C=CN=CC1=C(C1CCC(C(=O)N3CCC(O)C3)CC1)N=C2c1cccc(OCc2ccccc2)c1. The maximum absolute atomic E-state index is 13.0. The van der Waals surface area contributed by atoms with Crippen molar-refractivity contribution >= 4 is 18.0 Å². The molecule has 2 aromatic rings. The van der Waals surface area contributed by atoms with E-state index in [4.69, 9.17) is 15.6 Å². The summed E-state index contributed by atoms with van der Waals surface area (Å²) in [5.74, 6) is 8.89. The minimum atomic E-state index is -0.384. The number of rotatable bonds is 6. The van der Waals surface area contributed by atoms with E-state index < -0.39 is 0 Å². The highest BCUT2D eigenvalue weighted by Gasteiger charge is 2.46. The van der Waals surface area contributed by atoms with Gasteiger partial charge in [-0.3, -0.25) is 9.79 Å². The molecule has 2 atom stereocenters. The fourth-order valence-corrected chi connectivity index (χ4v) is 5.99. The molecule has 1 saturated heterocycles. The summed E-state index contributed by atoms with van der Waals surface area (Å²) in [5, 5.41) is 9.83. The maximum Gasteiger partial charge on any atom is 0.265 e. The van der Waals surface area contributed by atoms with E-state index in [2.05, 4.69) is 4.99 Å². The number of nitrogens with two attached hydrogens (primary N) is 1. The van der Waals surface area contributed by atoms with Crippen LogP contribution in [-0.2, 0) is 11.4 Å². The molecule has 3 heterocycles. The van der Waals surface area contributed by atoms with E-state index >= 15 is 0 Å². The minimum absolute atomic E-state index is 0.0162. The van der Waals surface area contributed by atoms with E-state index in [1.165, 1.54) is 0 Å². The molecule has 3 N–H and O–H groups in total. The van der Waals surface area contributed by atoms with Gasteiger partial charge in [0.25, 0.3) is 5.84 Å². The van der Waals surface area contributed by atoms with Gasteiger partial charge in [-0.05, 0) is 55.9 Å². The van der Waals surface area contributed by atoms with Crippen molar-refractivity contribution in [1.29, 1.82) is 0 Å². The first-order valence-electron chi connectivity index (χ1n) is 13.5. The lowest BCUT2D eigenvalue weighted by molar-refractivity contribution is -0.750. The number of aliphatic imine (C=N–C) groups is 2. The van der Waals surface area contributed by atoms with Crippen LogP contribution in [0.3, 0.4) is 0 Å². The van der Waals surface area contributed by atoms with Gasteiger partial charge >= 0.3 is 0 Å². The number of allylic oxidation sites excluding steroid dienone is 2. The van der Waals surface area contributed by atoms with Crippen LogP contribution in [0, 0.1) is 11.8 Å². The van der Waals surface area contributed by atoms with Gasteiger partial charge in [-0.15, -0.1) is 4.59 Å². The standard InChI is InChI=1S/C30H34N5O3/c31-35-16-14-32-18-27(35)28(22-9-11-23(12-10-22)30(37)34-15-13-25(36)19-34)33-29(35)24-7-4-8-26(17-24)38-20-21-5-2-1-3-6-21/h1-8,14,16-18,22-23,25,36H,9-13,15,19-20,31H2/q+1. The quantitative estimate of drug-likeness (QED) is 0.453. The van der Waals surface area contributed by atoms with Crippen LogP contribution in [0.15, 0.2) is 88.4 Å². The molecule has 3 aliphatic heterocycles. The summed E-state index contributed by atoms with van der Waals surface area (Å²) in [6.07, 6.45) is 9.09. The van der Waals surface area contributed by atoms with E-state index in [1.807, 2.05) is 71.9 Å². The van der Waals surface area contributed by atoms with Crippen LogP contribution in [0.2, 0.25) is 0 Å². The molecular weight excluding hydrogens is 478 g/mol. The second-order valence-electron chi connectivity index (χ2n) is 10.6. The van der Waals surface area contributed by atoms with Gasteiger partial charge in [0.05, 0.1) is 24.1 Å². The molecule has 6 rings (SSSR count). The number of amidine groups is 1. The summed E-state index contributed by atoms with van der Waals surface area (Å²) in [7, 11) is 0. The molecule has 0 spiro atoms. The zero-order valence-corrected chi connectivity index (χ0v) is 21.4. The normalized spacial score (nSPS) is 28.4. The molecule has 196 valence electrons. The number of ether oxygens (including phenoxy) is 1. The molecule has 0 aromatic heterocycles. The first-order valence-corrected chi connectivity index (χ1v) is 13.5. The lowest BCUT2D eigenvalue weighted by atomic mass is 9.79. The van der Waals surface area contributed by atoms with Gasteiger partial charge in [-0.25, -0.2) is 0 Å². The number of aliphatic hydroxyl groups excluding tert-OH is 1. The van der Waals surface area contributed by atoms with Gasteiger partial charge in [0.1, 0.15) is 24.3 Å². The highest BCUT2D eigenvalue weighted by atomic mass is 16.5. The minimum Gasteiger partial charge on any atom is -0.489 e. The lowest BCUT2D eigenvalue weighted by Gasteiger charge is -2.30. The van der Waals surface area contributed by atoms with Crippen molar-refractivity contribution in [2.75, 3.05) is 13.1 Å². The van der Waals surface area contributed by atoms with E-state index in [-0.39, 0.29) is 28.4 Å². The maximum atomic E-state index is 13.0. The molecule has 38 heavy (non-hydrogen) atoms. The predicted molar refractivity (Wildman–Crippen MR) is 146 cm³/mol. The molecule has 8 nitrogen and oxygen atoms in total. The zero-order valence-electron chi connectivity index (χ0n) is 21.4. The zero-order chi connectivity index (χ0) is 26.1. The third-order valence-corrected chi connectivity index (χ3v) is 8.10. The molecule has 2 aromatic carbocycles. The Morgan fingerprint density at radius 1 is 1.08 bits per heavy atom. The number of carbonyl (C=O) groups is 1. The average molecular weight is 513 g/mol. The number of carbonyl (C=O) groups excluding carboxylic acids is 1. The summed E-state index contributed by atoms with van der Waals surface area (Å²) in [4.78, 5) is 24.3. The Kier molecular flexibility index (Phi) is 6.69. The Morgan fingerprint density at radius 2 is 1.89 bits per heavy atom. The number of nitrogens with zero attached hydrogens (tertiary/aromatic N) is 4. The van der Waals surface area contributed by atoms with E-state index in [0.29, 0.717) is 26.1 Å². The number of likely N-dealkylation sites (tertiary alicyclic amines) is 1. The number of amides is 1. The van der Waals surface area contributed by atoms with Crippen molar-refractivity contribution in [2.24, 2.45) is 27.7 Å². The van der Waals surface area contributed by atoms with Gasteiger partial charge in [0.15, 0.2) is 0 Å². The van der Waals surface area contributed by atoms with Crippen molar-refractivity contribution in [1.82, 2.24) is 4.90 Å². The fraction of sp³-hybridized carbons (Fsp3) is 0.367. The lowest BCUT2D eigenvalue weighted by Crippen LogP contribution is -2.53. The van der Waals surface area contributed by atoms with Crippen molar-refractivity contribution < 1.29 is 19.2 Å². The number of quaternary nitrogens is 1. The second-order valence-corrected chi connectivity index (χ2v) is 10.6. The molecule has 1 saturated carbocycles. The van der Waals surface area contributed by atoms with Gasteiger partial charge in [-0.2, -0.15) is 10.8 Å². The Bertz CT molecular complexity index is 1330. The highest BCUT2D eigenvalue weighted by molar-refractivity contribution is 6.00. The van der Waals surface area contributed by atoms with E-state index in [0.717, 1.165) is 59.8 Å². The van der Waals surface area contributed by atoms with Crippen LogP contribution in [-0.4, -0.2) is 51.7 Å². The Labute approximate surface area is 223 Å². The van der Waals surface area contributed by atoms with Crippen LogP contribution in [0.1, 0.15) is 43.2 Å². The first-order chi connectivity index (χ1) is 18.5. The van der Waals surface area contributed by atoms with Crippen molar-refractivity contribution in [3.05, 3.63) is 89.5 Å². The van der Waals surface area contributed by atoms with Gasteiger partial charge in [0.2, 0.25) is 11.6 Å². The van der Waals surface area contributed by atoms with Gasteiger partial charge in [0, 0.05) is 24.9 Å². The number of benzene rings is 2. The summed E-state index contributed by atoms with van der Waals surface area (Å²) in [6.45, 7) is 1.61. The molecule has 2 unspecified atom stereocenters. The highest BCUT2D eigenvalue weighted by Crippen LogP contribution is 2.41. The monoisotopic (exact) mass is 512 g/mol. The number of aliphatic hydroxyl groups is 1. The van der Waals surface area contributed by atoms with E-state index in [9.17, 15) is 9.90 Å². The third kappa shape index (κ3) is 4.71. The number of β-amino-alcohol motifs (C(OH)–C–C–N with tert-alkyl or cyclic N) is 1. The third-order valence-electron chi connectivity index (χ3n) is 8.10. The van der Waals surface area contributed by atoms with Gasteiger partial charge < -0.3 is 14.7 Å². The molecule has 4 aliphatic rings. The van der Waals surface area contributed by atoms with Crippen LogP contribution in [0.5, 0.6) is 5.75 Å². The second kappa shape index (κ2) is 10.3.